The molecule has 1 fully saturated rings. The average Bonchev–Trinajstić information content (AvgIpc) is 2.64. The van der Waals surface area contributed by atoms with Gasteiger partial charge in [-0.15, -0.1) is 0 Å². The molecule has 1 unspecified atom stereocenters. The molecule has 0 radical (unpaired) electrons. The predicted molar refractivity (Wildman–Crippen MR) is 93.2 cm³/mol. The molecule has 1 aliphatic rings. The van der Waals surface area contributed by atoms with E-state index in [0.717, 1.165) is 30.9 Å². The van der Waals surface area contributed by atoms with Gasteiger partial charge in [0.15, 0.2) is 0 Å². The molecule has 1 heterocycles. The number of piperidine rings is 1. The Labute approximate surface area is 143 Å². The molecule has 3 rings (SSSR count). The third kappa shape index (κ3) is 4.75. The molecular formula is C20H23NO3. The zero-order chi connectivity index (χ0) is 16.6. The minimum atomic E-state index is 0.0696. The van der Waals surface area contributed by atoms with Crippen LogP contribution < -0.4 is 9.47 Å². The maximum atomic E-state index is 12.4. The minimum absolute atomic E-state index is 0.0696. The maximum absolute atomic E-state index is 12.4. The van der Waals surface area contributed by atoms with E-state index < -0.39 is 0 Å². The Kier molecular flexibility index (Phi) is 5.72. The molecule has 0 aliphatic carbocycles. The maximum Gasteiger partial charge on any atom is 0.226 e. The van der Waals surface area contributed by atoms with Crippen molar-refractivity contribution in [2.75, 3.05) is 19.7 Å². The highest BCUT2D eigenvalue weighted by molar-refractivity contribution is 5.76. The van der Waals surface area contributed by atoms with Crippen molar-refractivity contribution in [2.24, 2.45) is 0 Å². The molecule has 126 valence electrons. The molecule has 24 heavy (non-hydrogen) atoms. The van der Waals surface area contributed by atoms with Gasteiger partial charge in [0.2, 0.25) is 5.91 Å². The van der Waals surface area contributed by atoms with Crippen molar-refractivity contribution < 1.29 is 14.3 Å². The number of amides is 1. The van der Waals surface area contributed by atoms with Gasteiger partial charge >= 0.3 is 0 Å². The van der Waals surface area contributed by atoms with Crippen LogP contribution in [0.4, 0.5) is 0 Å². The lowest BCUT2D eigenvalue weighted by atomic mass is 10.1. The van der Waals surface area contributed by atoms with Crippen molar-refractivity contribution in [1.82, 2.24) is 4.90 Å². The van der Waals surface area contributed by atoms with Crippen LogP contribution in [0.5, 0.6) is 11.5 Å². The van der Waals surface area contributed by atoms with E-state index in [0.29, 0.717) is 19.6 Å². The summed E-state index contributed by atoms with van der Waals surface area (Å²) in [6.07, 6.45) is 2.43. The highest BCUT2D eigenvalue weighted by atomic mass is 16.5. The van der Waals surface area contributed by atoms with E-state index in [1.54, 1.807) is 0 Å². The lowest BCUT2D eigenvalue weighted by Crippen LogP contribution is -2.44. The Morgan fingerprint density at radius 2 is 1.67 bits per heavy atom. The topological polar surface area (TPSA) is 38.8 Å². The van der Waals surface area contributed by atoms with Crippen molar-refractivity contribution in [3.63, 3.8) is 0 Å². The zero-order valence-corrected chi connectivity index (χ0v) is 13.8. The van der Waals surface area contributed by atoms with Crippen LogP contribution in [-0.4, -0.2) is 36.6 Å². The van der Waals surface area contributed by atoms with Crippen LogP contribution in [-0.2, 0) is 4.79 Å². The minimum Gasteiger partial charge on any atom is -0.493 e. The first-order valence-corrected chi connectivity index (χ1v) is 8.48. The summed E-state index contributed by atoms with van der Waals surface area (Å²) in [5.41, 5.74) is 0. The molecule has 0 aromatic heterocycles. The number of nitrogens with zero attached hydrogens (tertiary/aromatic N) is 1. The fourth-order valence-corrected chi connectivity index (χ4v) is 2.88. The summed E-state index contributed by atoms with van der Waals surface area (Å²) in [6, 6.07) is 19.4. The van der Waals surface area contributed by atoms with Gasteiger partial charge in [0.05, 0.1) is 19.6 Å². The third-order valence-corrected chi connectivity index (χ3v) is 4.10. The quantitative estimate of drug-likeness (QED) is 0.815. The lowest BCUT2D eigenvalue weighted by molar-refractivity contribution is -0.134. The summed E-state index contributed by atoms with van der Waals surface area (Å²) in [5, 5.41) is 0. The Morgan fingerprint density at radius 1 is 1.00 bits per heavy atom. The molecule has 0 spiro atoms. The second-order valence-electron chi connectivity index (χ2n) is 5.95. The van der Waals surface area contributed by atoms with E-state index in [1.165, 1.54) is 0 Å². The van der Waals surface area contributed by atoms with Crippen molar-refractivity contribution in [2.45, 2.75) is 25.4 Å². The number of likely N-dealkylation sites (tertiary alicyclic amines) is 1. The first-order valence-electron chi connectivity index (χ1n) is 8.48. The molecule has 1 atom stereocenters. The van der Waals surface area contributed by atoms with E-state index in [9.17, 15) is 4.79 Å². The van der Waals surface area contributed by atoms with Gasteiger partial charge in [0.25, 0.3) is 0 Å². The van der Waals surface area contributed by atoms with E-state index in [1.807, 2.05) is 65.6 Å². The summed E-state index contributed by atoms with van der Waals surface area (Å²) in [4.78, 5) is 14.3. The number of para-hydroxylation sites is 2. The van der Waals surface area contributed by atoms with Crippen LogP contribution in [0.15, 0.2) is 60.7 Å². The molecule has 4 heteroatoms. The lowest BCUT2D eigenvalue weighted by Gasteiger charge is -2.33. The molecular weight excluding hydrogens is 302 g/mol. The Bertz CT molecular complexity index is 630. The molecule has 1 saturated heterocycles. The zero-order valence-electron chi connectivity index (χ0n) is 13.8. The van der Waals surface area contributed by atoms with E-state index >= 15 is 0 Å². The highest BCUT2D eigenvalue weighted by Crippen LogP contribution is 2.18. The second-order valence-corrected chi connectivity index (χ2v) is 5.95. The summed E-state index contributed by atoms with van der Waals surface area (Å²) in [6.45, 7) is 1.86. The smallest absolute Gasteiger partial charge is 0.226 e. The molecule has 0 N–H and O–H groups in total. The molecule has 0 bridgehead atoms. The molecule has 2 aromatic rings. The van der Waals surface area contributed by atoms with Gasteiger partial charge in [-0.1, -0.05) is 36.4 Å². The van der Waals surface area contributed by atoms with Gasteiger partial charge < -0.3 is 14.4 Å². The van der Waals surface area contributed by atoms with Gasteiger partial charge in [-0.2, -0.15) is 0 Å². The summed E-state index contributed by atoms with van der Waals surface area (Å²) >= 11 is 0. The summed E-state index contributed by atoms with van der Waals surface area (Å²) in [7, 11) is 0. The van der Waals surface area contributed by atoms with Gasteiger partial charge in [-0.25, -0.2) is 0 Å². The fraction of sp³-hybridized carbons (Fsp3) is 0.350. The van der Waals surface area contributed by atoms with Crippen LogP contribution in [0.25, 0.3) is 0 Å². The summed E-state index contributed by atoms with van der Waals surface area (Å²) in [5.74, 6) is 1.80. The number of carbonyl (C=O) groups excluding carboxylic acids is 1. The average molecular weight is 325 g/mol. The number of benzene rings is 2. The van der Waals surface area contributed by atoms with Crippen LogP contribution >= 0.6 is 0 Å². The molecule has 4 nitrogen and oxygen atoms in total. The predicted octanol–water partition coefficient (Wildman–Crippen LogP) is 3.53. The Morgan fingerprint density at radius 3 is 2.38 bits per heavy atom. The fourth-order valence-electron chi connectivity index (χ4n) is 2.88. The SMILES string of the molecule is O=C(CCOc1ccccc1)N1CCCC(Oc2ccccc2)C1. The Balaban J connectivity index is 1.44. The normalized spacial score (nSPS) is 17.3. The van der Waals surface area contributed by atoms with Gasteiger partial charge in [-0.05, 0) is 37.1 Å². The number of rotatable bonds is 6. The molecule has 1 aliphatic heterocycles. The third-order valence-electron chi connectivity index (χ3n) is 4.10. The highest BCUT2D eigenvalue weighted by Gasteiger charge is 2.24. The van der Waals surface area contributed by atoms with Crippen LogP contribution in [0.2, 0.25) is 0 Å². The summed E-state index contributed by atoms with van der Waals surface area (Å²) < 4.78 is 11.6. The standard InChI is InChI=1S/C20H23NO3/c22-20(13-15-23-17-8-3-1-4-9-17)21-14-7-12-19(16-21)24-18-10-5-2-6-11-18/h1-6,8-11,19H,7,12-16H2. The van der Waals surface area contributed by atoms with Crippen molar-refractivity contribution in [1.29, 1.82) is 0 Å². The number of carbonyl (C=O) groups is 1. The van der Waals surface area contributed by atoms with Gasteiger partial charge in [0.1, 0.15) is 17.6 Å². The molecule has 0 saturated carbocycles. The number of ether oxygens (including phenoxy) is 2. The monoisotopic (exact) mass is 325 g/mol. The van der Waals surface area contributed by atoms with Gasteiger partial charge in [0, 0.05) is 6.54 Å². The van der Waals surface area contributed by atoms with Crippen LogP contribution in [0, 0.1) is 0 Å². The van der Waals surface area contributed by atoms with Crippen molar-refractivity contribution in [3.8, 4) is 11.5 Å². The first-order chi connectivity index (χ1) is 11.8. The van der Waals surface area contributed by atoms with Crippen LogP contribution in [0.1, 0.15) is 19.3 Å². The van der Waals surface area contributed by atoms with E-state index in [2.05, 4.69) is 0 Å². The van der Waals surface area contributed by atoms with Gasteiger partial charge in [-0.3, -0.25) is 4.79 Å². The number of hydrogen-bond acceptors (Lipinski definition) is 3. The largest absolute Gasteiger partial charge is 0.493 e. The molecule has 2 aromatic carbocycles. The second kappa shape index (κ2) is 8.39. The van der Waals surface area contributed by atoms with E-state index in [4.69, 9.17) is 9.47 Å². The number of hydrogen-bond donors (Lipinski definition) is 0. The van der Waals surface area contributed by atoms with Crippen molar-refractivity contribution in [3.05, 3.63) is 60.7 Å². The van der Waals surface area contributed by atoms with Crippen LogP contribution in [0.3, 0.4) is 0 Å². The van der Waals surface area contributed by atoms with E-state index in [-0.39, 0.29) is 12.0 Å². The first kappa shape index (κ1) is 16.4. The molecule has 1 amide bonds. The van der Waals surface area contributed by atoms with Crippen molar-refractivity contribution >= 4 is 5.91 Å². The Hall–Kier alpha value is -2.49.